The molecule has 2 rings (SSSR count). The Morgan fingerprint density at radius 1 is 1.00 bits per heavy atom. The Kier molecular flexibility index (Phi) is 7.02. The van der Waals surface area contributed by atoms with Crippen LogP contribution in [0.3, 0.4) is 0 Å². The van der Waals surface area contributed by atoms with E-state index in [0.717, 1.165) is 25.9 Å². The first-order chi connectivity index (χ1) is 8.29. The zero-order valence-corrected chi connectivity index (χ0v) is 12.3. The molecule has 1 aliphatic heterocycles. The normalized spacial score (nSPS) is 22.9. The van der Waals surface area contributed by atoms with Gasteiger partial charge in [-0.25, -0.2) is 0 Å². The Hall–Kier alpha value is -0.280. The van der Waals surface area contributed by atoms with Gasteiger partial charge in [0.25, 0.3) is 0 Å². The highest BCUT2D eigenvalue weighted by Gasteiger charge is 2.28. The summed E-state index contributed by atoms with van der Waals surface area (Å²) in [6, 6.07) is 0.514. The first-order valence-corrected chi connectivity index (χ1v) is 7.26. The van der Waals surface area contributed by atoms with Crippen molar-refractivity contribution < 1.29 is 4.79 Å². The number of piperidine rings is 1. The smallest absolute Gasteiger partial charge is 0.225 e. The fourth-order valence-corrected chi connectivity index (χ4v) is 3.18. The van der Waals surface area contributed by atoms with Crippen molar-refractivity contribution in [1.82, 2.24) is 10.2 Å². The summed E-state index contributed by atoms with van der Waals surface area (Å²) < 4.78 is 0. The van der Waals surface area contributed by atoms with Gasteiger partial charge in [-0.15, -0.1) is 12.4 Å². The Labute approximate surface area is 117 Å². The molecule has 0 aromatic rings. The second-order valence-corrected chi connectivity index (χ2v) is 5.62. The molecule has 0 aromatic carbocycles. The third-order valence-corrected chi connectivity index (χ3v) is 4.41. The molecule has 1 saturated heterocycles. The molecule has 0 unspecified atom stereocenters. The molecule has 0 atom stereocenters. The predicted octanol–water partition coefficient (Wildman–Crippen LogP) is 2.59. The van der Waals surface area contributed by atoms with Crippen molar-refractivity contribution in [1.29, 1.82) is 0 Å². The van der Waals surface area contributed by atoms with Crippen LogP contribution in [-0.2, 0) is 4.79 Å². The van der Waals surface area contributed by atoms with Gasteiger partial charge in [0.1, 0.15) is 0 Å². The number of rotatable bonds is 2. The molecule has 1 saturated carbocycles. The van der Waals surface area contributed by atoms with E-state index < -0.39 is 0 Å². The molecule has 0 spiro atoms. The van der Waals surface area contributed by atoms with E-state index in [1.807, 2.05) is 7.05 Å². The fraction of sp³-hybridized carbons (Fsp3) is 0.929. The summed E-state index contributed by atoms with van der Waals surface area (Å²) in [5.41, 5.74) is 0. The first-order valence-electron chi connectivity index (χ1n) is 7.26. The second kappa shape index (κ2) is 8.00. The lowest BCUT2D eigenvalue weighted by molar-refractivity contribution is -0.137. The van der Waals surface area contributed by atoms with Gasteiger partial charge < -0.3 is 10.2 Å². The molecule has 3 nitrogen and oxygen atoms in total. The lowest BCUT2D eigenvalue weighted by Gasteiger charge is -2.32. The predicted molar refractivity (Wildman–Crippen MR) is 77.1 cm³/mol. The maximum Gasteiger partial charge on any atom is 0.225 e. The maximum atomic E-state index is 12.4. The van der Waals surface area contributed by atoms with Crippen LogP contribution in [0.4, 0.5) is 0 Å². The van der Waals surface area contributed by atoms with Gasteiger partial charge in [0.15, 0.2) is 0 Å². The largest absolute Gasteiger partial charge is 0.343 e. The fourth-order valence-electron chi connectivity index (χ4n) is 3.18. The summed E-state index contributed by atoms with van der Waals surface area (Å²) >= 11 is 0. The molecule has 106 valence electrons. The van der Waals surface area contributed by atoms with Gasteiger partial charge in [0, 0.05) is 19.0 Å². The second-order valence-electron chi connectivity index (χ2n) is 5.62. The number of hydrogen-bond acceptors (Lipinski definition) is 2. The van der Waals surface area contributed by atoms with Crippen molar-refractivity contribution in [3.8, 4) is 0 Å². The maximum absolute atomic E-state index is 12.4. The van der Waals surface area contributed by atoms with E-state index in [1.165, 1.54) is 38.5 Å². The number of nitrogens with zero attached hydrogens (tertiary/aromatic N) is 1. The van der Waals surface area contributed by atoms with Crippen LogP contribution in [0, 0.1) is 5.92 Å². The summed E-state index contributed by atoms with van der Waals surface area (Å²) in [6.45, 7) is 2.02. The highest BCUT2D eigenvalue weighted by atomic mass is 35.5. The number of carbonyl (C=O) groups excluding carboxylic acids is 1. The van der Waals surface area contributed by atoms with E-state index in [2.05, 4.69) is 10.2 Å². The van der Waals surface area contributed by atoms with E-state index in [0.29, 0.717) is 11.9 Å². The van der Waals surface area contributed by atoms with Crippen LogP contribution in [0.2, 0.25) is 0 Å². The van der Waals surface area contributed by atoms with E-state index in [1.54, 1.807) is 0 Å². The van der Waals surface area contributed by atoms with Gasteiger partial charge in [-0.1, -0.05) is 25.7 Å². The van der Waals surface area contributed by atoms with Crippen molar-refractivity contribution in [3.05, 3.63) is 0 Å². The Morgan fingerprint density at radius 2 is 1.56 bits per heavy atom. The molecule has 4 heteroatoms. The SMILES string of the molecule is CN(C(=O)C1CCNCC1)C1CCCCCC1.Cl. The van der Waals surface area contributed by atoms with Crippen molar-refractivity contribution in [3.63, 3.8) is 0 Å². The Morgan fingerprint density at radius 3 is 2.11 bits per heavy atom. The van der Waals surface area contributed by atoms with Crippen LogP contribution in [0.25, 0.3) is 0 Å². The topological polar surface area (TPSA) is 32.3 Å². The molecular formula is C14H27ClN2O. The molecule has 18 heavy (non-hydrogen) atoms. The zero-order chi connectivity index (χ0) is 12.1. The van der Waals surface area contributed by atoms with Crippen molar-refractivity contribution in [2.45, 2.75) is 57.4 Å². The third-order valence-electron chi connectivity index (χ3n) is 4.41. The van der Waals surface area contributed by atoms with E-state index in [-0.39, 0.29) is 18.3 Å². The summed E-state index contributed by atoms with van der Waals surface area (Å²) in [7, 11) is 2.03. The van der Waals surface area contributed by atoms with Crippen LogP contribution in [0.5, 0.6) is 0 Å². The van der Waals surface area contributed by atoms with Crippen LogP contribution in [-0.4, -0.2) is 37.0 Å². The average molecular weight is 275 g/mol. The van der Waals surface area contributed by atoms with Gasteiger partial charge >= 0.3 is 0 Å². The van der Waals surface area contributed by atoms with E-state index in [4.69, 9.17) is 0 Å². The lowest BCUT2D eigenvalue weighted by Crippen LogP contribution is -2.43. The molecule has 1 N–H and O–H groups in total. The first kappa shape index (κ1) is 15.8. The summed E-state index contributed by atoms with van der Waals surface area (Å²) in [5.74, 6) is 0.683. The van der Waals surface area contributed by atoms with Gasteiger partial charge in [-0.2, -0.15) is 0 Å². The molecule has 1 heterocycles. The van der Waals surface area contributed by atoms with Gasteiger partial charge in [-0.05, 0) is 38.8 Å². The minimum absolute atomic E-state index is 0. The van der Waals surface area contributed by atoms with E-state index >= 15 is 0 Å². The van der Waals surface area contributed by atoms with Crippen LogP contribution in [0.15, 0.2) is 0 Å². The molecule has 1 aliphatic carbocycles. The number of hydrogen-bond donors (Lipinski definition) is 1. The summed E-state index contributed by atoms with van der Waals surface area (Å²) in [6.07, 6.45) is 9.78. The minimum atomic E-state index is 0. The highest BCUT2D eigenvalue weighted by Crippen LogP contribution is 2.24. The van der Waals surface area contributed by atoms with Gasteiger partial charge in [0.05, 0.1) is 0 Å². The van der Waals surface area contributed by atoms with E-state index in [9.17, 15) is 4.79 Å². The number of amides is 1. The quantitative estimate of drug-likeness (QED) is 0.785. The lowest BCUT2D eigenvalue weighted by atomic mass is 9.95. The summed E-state index contributed by atoms with van der Waals surface area (Å²) in [4.78, 5) is 14.5. The molecule has 0 aromatic heterocycles. The molecule has 2 fully saturated rings. The van der Waals surface area contributed by atoms with Gasteiger partial charge in [-0.3, -0.25) is 4.79 Å². The molecular weight excluding hydrogens is 248 g/mol. The summed E-state index contributed by atoms with van der Waals surface area (Å²) in [5, 5.41) is 3.33. The van der Waals surface area contributed by atoms with Crippen molar-refractivity contribution >= 4 is 18.3 Å². The Bertz CT molecular complexity index is 246. The molecule has 0 radical (unpaired) electrons. The number of nitrogens with one attached hydrogen (secondary N) is 1. The number of halogens is 1. The third kappa shape index (κ3) is 4.13. The van der Waals surface area contributed by atoms with Gasteiger partial charge in [0.2, 0.25) is 5.91 Å². The standard InChI is InChI=1S/C14H26N2O.ClH/c1-16(13-6-4-2-3-5-7-13)14(17)12-8-10-15-11-9-12;/h12-13,15H,2-11H2,1H3;1H. The van der Waals surface area contributed by atoms with Crippen molar-refractivity contribution in [2.75, 3.05) is 20.1 Å². The molecule has 0 bridgehead atoms. The monoisotopic (exact) mass is 274 g/mol. The van der Waals surface area contributed by atoms with Crippen LogP contribution in [0.1, 0.15) is 51.4 Å². The average Bonchev–Trinajstić information content (AvgIpc) is 2.67. The highest BCUT2D eigenvalue weighted by molar-refractivity contribution is 5.85. The minimum Gasteiger partial charge on any atom is -0.343 e. The van der Waals surface area contributed by atoms with Crippen molar-refractivity contribution in [2.24, 2.45) is 5.92 Å². The van der Waals surface area contributed by atoms with Crippen LogP contribution >= 0.6 is 12.4 Å². The zero-order valence-electron chi connectivity index (χ0n) is 11.5. The number of carbonyl (C=O) groups is 1. The van der Waals surface area contributed by atoms with Crippen LogP contribution < -0.4 is 5.32 Å². The molecule has 2 aliphatic rings. The molecule has 1 amide bonds. The Balaban J connectivity index is 0.00000162.